The van der Waals surface area contributed by atoms with E-state index in [9.17, 15) is 0 Å². The first-order valence-electron chi connectivity index (χ1n) is 7.25. The van der Waals surface area contributed by atoms with Gasteiger partial charge in [-0.2, -0.15) is 0 Å². The van der Waals surface area contributed by atoms with Crippen molar-refractivity contribution < 1.29 is 9.47 Å². The smallest absolute Gasteiger partial charge is 0.0948 e. The molecule has 2 saturated heterocycles. The van der Waals surface area contributed by atoms with Crippen molar-refractivity contribution >= 4 is 0 Å². The molecule has 0 aliphatic carbocycles. The van der Waals surface area contributed by atoms with E-state index in [1.54, 1.807) is 0 Å². The highest BCUT2D eigenvalue weighted by atomic mass is 16.5. The van der Waals surface area contributed by atoms with Crippen molar-refractivity contribution in [3.05, 3.63) is 18.2 Å². The molecule has 106 valence electrons. The Balaban J connectivity index is 1.66. The molecule has 0 bridgehead atoms. The molecule has 0 radical (unpaired) electrons. The molecule has 0 aromatic carbocycles. The number of ether oxygens (including phenoxy) is 2. The Labute approximate surface area is 114 Å². The number of nitrogens with zero attached hydrogens (tertiary/aromatic N) is 2. The highest BCUT2D eigenvalue weighted by molar-refractivity contribution is 5.07. The normalized spacial score (nSPS) is 29.5. The first kappa shape index (κ1) is 13.1. The van der Waals surface area contributed by atoms with Crippen molar-refractivity contribution in [1.29, 1.82) is 0 Å². The number of hydrogen-bond donors (Lipinski definition) is 1. The number of hydrogen-bond acceptors (Lipinski definition) is 4. The zero-order valence-electron chi connectivity index (χ0n) is 11.3. The lowest BCUT2D eigenvalue weighted by Gasteiger charge is -2.25. The molecular weight excluding hydrogens is 242 g/mol. The molecule has 0 amide bonds. The van der Waals surface area contributed by atoms with E-state index in [-0.39, 0.29) is 6.04 Å². The minimum absolute atomic E-state index is 0.0366. The van der Waals surface area contributed by atoms with Gasteiger partial charge in [-0.1, -0.05) is 0 Å². The number of rotatable bonds is 4. The van der Waals surface area contributed by atoms with Gasteiger partial charge in [0.25, 0.3) is 0 Å². The van der Waals surface area contributed by atoms with Gasteiger partial charge in [-0.05, 0) is 19.3 Å². The van der Waals surface area contributed by atoms with Crippen LogP contribution in [0.15, 0.2) is 12.5 Å². The monoisotopic (exact) mass is 265 g/mol. The Kier molecular flexibility index (Phi) is 4.15. The Bertz CT molecular complexity index is 395. The van der Waals surface area contributed by atoms with Gasteiger partial charge in [0, 0.05) is 37.8 Å². The molecule has 3 unspecified atom stereocenters. The van der Waals surface area contributed by atoms with Crippen molar-refractivity contribution in [3.8, 4) is 0 Å². The molecule has 5 heteroatoms. The molecule has 2 aliphatic heterocycles. The van der Waals surface area contributed by atoms with E-state index in [2.05, 4.69) is 9.55 Å². The van der Waals surface area contributed by atoms with E-state index in [1.165, 1.54) is 6.42 Å². The van der Waals surface area contributed by atoms with E-state index in [0.717, 1.165) is 51.5 Å². The fourth-order valence-electron chi connectivity index (χ4n) is 3.07. The summed E-state index contributed by atoms with van der Waals surface area (Å²) in [6, 6.07) is 0.0366. The minimum Gasteiger partial charge on any atom is -0.381 e. The zero-order chi connectivity index (χ0) is 13.1. The molecule has 3 atom stereocenters. The van der Waals surface area contributed by atoms with Crippen LogP contribution < -0.4 is 5.73 Å². The summed E-state index contributed by atoms with van der Waals surface area (Å²) in [6.07, 6.45) is 7.27. The van der Waals surface area contributed by atoms with Crippen molar-refractivity contribution in [2.24, 2.45) is 17.6 Å². The summed E-state index contributed by atoms with van der Waals surface area (Å²) in [5.41, 5.74) is 7.52. The Morgan fingerprint density at radius 3 is 2.95 bits per heavy atom. The van der Waals surface area contributed by atoms with Crippen LogP contribution in [-0.4, -0.2) is 36.0 Å². The molecule has 2 aliphatic rings. The topological polar surface area (TPSA) is 62.3 Å². The second kappa shape index (κ2) is 6.03. The lowest BCUT2D eigenvalue weighted by Crippen LogP contribution is -2.27. The zero-order valence-corrected chi connectivity index (χ0v) is 11.3. The average Bonchev–Trinajstić information content (AvgIpc) is 3.10. The SMILES string of the molecule is NC(c1cncn1CC1CCCOC1)C1CCOC1. The van der Waals surface area contributed by atoms with E-state index < -0.39 is 0 Å². The van der Waals surface area contributed by atoms with Crippen LogP contribution in [0.4, 0.5) is 0 Å². The maximum atomic E-state index is 6.38. The lowest BCUT2D eigenvalue weighted by molar-refractivity contribution is 0.0478. The quantitative estimate of drug-likeness (QED) is 0.892. The molecule has 1 aromatic heterocycles. The first-order valence-corrected chi connectivity index (χ1v) is 7.25. The minimum atomic E-state index is 0.0366. The molecule has 2 N–H and O–H groups in total. The van der Waals surface area contributed by atoms with Gasteiger partial charge in [0.15, 0.2) is 0 Å². The summed E-state index contributed by atoms with van der Waals surface area (Å²) in [6.45, 7) is 4.35. The van der Waals surface area contributed by atoms with Gasteiger partial charge < -0.3 is 19.8 Å². The fourth-order valence-corrected chi connectivity index (χ4v) is 3.07. The van der Waals surface area contributed by atoms with E-state index in [1.807, 2.05) is 12.5 Å². The van der Waals surface area contributed by atoms with Gasteiger partial charge in [-0.15, -0.1) is 0 Å². The first-order chi connectivity index (χ1) is 9.34. The van der Waals surface area contributed by atoms with Crippen LogP contribution in [0.25, 0.3) is 0 Å². The van der Waals surface area contributed by atoms with Crippen LogP contribution in [0.2, 0.25) is 0 Å². The highest BCUT2D eigenvalue weighted by Gasteiger charge is 2.27. The van der Waals surface area contributed by atoms with Crippen LogP contribution in [0.5, 0.6) is 0 Å². The van der Waals surface area contributed by atoms with Gasteiger partial charge in [-0.3, -0.25) is 0 Å². The highest BCUT2D eigenvalue weighted by Crippen LogP contribution is 2.27. The average molecular weight is 265 g/mol. The Hall–Kier alpha value is -0.910. The molecule has 5 nitrogen and oxygen atoms in total. The maximum absolute atomic E-state index is 6.38. The summed E-state index contributed by atoms with van der Waals surface area (Å²) in [5.74, 6) is 1.02. The molecule has 19 heavy (non-hydrogen) atoms. The number of imidazole rings is 1. The molecule has 3 rings (SSSR count). The third-order valence-corrected chi connectivity index (χ3v) is 4.27. The molecule has 3 heterocycles. The molecular formula is C14H23N3O2. The third-order valence-electron chi connectivity index (χ3n) is 4.27. The summed E-state index contributed by atoms with van der Waals surface area (Å²) in [4.78, 5) is 4.28. The Morgan fingerprint density at radius 1 is 1.32 bits per heavy atom. The summed E-state index contributed by atoms with van der Waals surface area (Å²) >= 11 is 0. The molecule has 0 saturated carbocycles. The van der Waals surface area contributed by atoms with Crippen LogP contribution in [0.3, 0.4) is 0 Å². The standard InChI is InChI=1S/C14H23N3O2/c15-14(12-3-5-19-9-12)13-6-16-10-17(13)7-11-2-1-4-18-8-11/h6,10-12,14H,1-5,7-9,15H2. The summed E-state index contributed by atoms with van der Waals surface area (Å²) in [7, 11) is 0. The second-order valence-corrected chi connectivity index (χ2v) is 5.70. The van der Waals surface area contributed by atoms with Gasteiger partial charge in [0.1, 0.15) is 0 Å². The fraction of sp³-hybridized carbons (Fsp3) is 0.786. The predicted octanol–water partition coefficient (Wildman–Crippen LogP) is 1.35. The van der Waals surface area contributed by atoms with Crippen molar-refractivity contribution in [1.82, 2.24) is 9.55 Å². The van der Waals surface area contributed by atoms with Crippen LogP contribution in [0.1, 0.15) is 31.0 Å². The maximum Gasteiger partial charge on any atom is 0.0948 e. The molecule has 1 aromatic rings. The van der Waals surface area contributed by atoms with Gasteiger partial charge in [-0.25, -0.2) is 4.98 Å². The van der Waals surface area contributed by atoms with Crippen LogP contribution in [0, 0.1) is 11.8 Å². The van der Waals surface area contributed by atoms with E-state index in [0.29, 0.717) is 11.8 Å². The third kappa shape index (κ3) is 2.99. The second-order valence-electron chi connectivity index (χ2n) is 5.70. The van der Waals surface area contributed by atoms with E-state index in [4.69, 9.17) is 15.2 Å². The van der Waals surface area contributed by atoms with Crippen molar-refractivity contribution in [2.75, 3.05) is 26.4 Å². The van der Waals surface area contributed by atoms with Gasteiger partial charge in [0.2, 0.25) is 0 Å². The summed E-state index contributed by atoms with van der Waals surface area (Å²) < 4.78 is 13.2. The molecule has 2 fully saturated rings. The van der Waals surface area contributed by atoms with Crippen LogP contribution in [-0.2, 0) is 16.0 Å². The predicted molar refractivity (Wildman–Crippen MR) is 71.6 cm³/mol. The van der Waals surface area contributed by atoms with E-state index >= 15 is 0 Å². The lowest BCUT2D eigenvalue weighted by atomic mass is 9.96. The molecule has 0 spiro atoms. The van der Waals surface area contributed by atoms with Crippen molar-refractivity contribution in [2.45, 2.75) is 31.8 Å². The largest absolute Gasteiger partial charge is 0.381 e. The van der Waals surface area contributed by atoms with Gasteiger partial charge in [0.05, 0.1) is 31.3 Å². The van der Waals surface area contributed by atoms with Gasteiger partial charge >= 0.3 is 0 Å². The van der Waals surface area contributed by atoms with Crippen molar-refractivity contribution in [3.63, 3.8) is 0 Å². The Morgan fingerprint density at radius 2 is 2.21 bits per heavy atom. The number of nitrogens with two attached hydrogens (primary N) is 1. The number of aromatic nitrogens is 2. The summed E-state index contributed by atoms with van der Waals surface area (Å²) in [5, 5.41) is 0. The van der Waals surface area contributed by atoms with Crippen LogP contribution >= 0.6 is 0 Å².